The van der Waals surface area contributed by atoms with E-state index in [-0.39, 0.29) is 17.9 Å². The van der Waals surface area contributed by atoms with Gasteiger partial charge in [-0.3, -0.25) is 0 Å². The van der Waals surface area contributed by atoms with Crippen molar-refractivity contribution in [3.05, 3.63) is 12.2 Å². The Morgan fingerprint density at radius 2 is 2.25 bits per heavy atom. The largest absolute Gasteiger partial charge is 0.383 e. The molecule has 0 spiro atoms. The summed E-state index contributed by atoms with van der Waals surface area (Å²) in [6.45, 7) is 8.07. The van der Waals surface area contributed by atoms with Crippen LogP contribution in [0, 0.1) is 0 Å². The number of rotatable bonds is 1. The summed E-state index contributed by atoms with van der Waals surface area (Å²) in [7, 11) is 0. The van der Waals surface area contributed by atoms with Gasteiger partial charge in [0.1, 0.15) is 5.84 Å². The molecule has 1 rings (SSSR count). The molecule has 4 heteroatoms. The van der Waals surface area contributed by atoms with Crippen LogP contribution in [0.5, 0.6) is 0 Å². The summed E-state index contributed by atoms with van der Waals surface area (Å²) in [5, 5.41) is 0. The zero-order valence-electron chi connectivity index (χ0n) is 7.37. The number of nitrogens with zero attached hydrogens (tertiary/aromatic N) is 2. The summed E-state index contributed by atoms with van der Waals surface area (Å²) in [4.78, 5) is 16.5. The molecule has 0 unspecified atom stereocenters. The summed E-state index contributed by atoms with van der Waals surface area (Å²) in [6.07, 6.45) is 0. The zero-order valence-corrected chi connectivity index (χ0v) is 7.37. The van der Waals surface area contributed by atoms with Gasteiger partial charge in [0, 0.05) is 11.6 Å². The van der Waals surface area contributed by atoms with Gasteiger partial charge in [-0.2, -0.15) is 4.99 Å². The molecular weight excluding hydrogens is 154 g/mol. The first kappa shape index (κ1) is 8.77. The lowest BCUT2D eigenvalue weighted by Gasteiger charge is -2.28. The molecule has 4 nitrogen and oxygen atoms in total. The fraction of sp³-hybridized carbons (Fsp3) is 0.500. The highest BCUT2D eigenvalue weighted by Crippen LogP contribution is 2.10. The van der Waals surface area contributed by atoms with Crippen molar-refractivity contribution in [2.45, 2.75) is 19.9 Å². The molecule has 1 heterocycles. The van der Waals surface area contributed by atoms with Crippen molar-refractivity contribution in [1.82, 2.24) is 4.90 Å². The third-order valence-corrected chi connectivity index (χ3v) is 1.81. The molecule has 0 aromatic carbocycles. The Labute approximate surface area is 71.8 Å². The van der Waals surface area contributed by atoms with E-state index in [1.54, 1.807) is 4.90 Å². The molecule has 0 saturated heterocycles. The van der Waals surface area contributed by atoms with Crippen LogP contribution in [-0.4, -0.2) is 29.4 Å². The molecule has 1 aliphatic rings. The Morgan fingerprint density at radius 1 is 1.67 bits per heavy atom. The molecule has 0 aromatic heterocycles. The minimum absolute atomic E-state index is 0.145. The lowest BCUT2D eigenvalue weighted by molar-refractivity contribution is 0.198. The molecule has 0 fully saturated rings. The highest BCUT2D eigenvalue weighted by molar-refractivity contribution is 6.05. The van der Waals surface area contributed by atoms with Gasteiger partial charge in [-0.1, -0.05) is 6.58 Å². The van der Waals surface area contributed by atoms with E-state index in [2.05, 4.69) is 11.6 Å². The maximum Gasteiger partial charge on any atom is 0.346 e. The maximum absolute atomic E-state index is 11.2. The second kappa shape index (κ2) is 2.97. The number of carbonyl (C=O) groups is 1. The minimum Gasteiger partial charge on any atom is -0.383 e. The summed E-state index contributed by atoms with van der Waals surface area (Å²) in [5.74, 6) is 0.261. The Hall–Kier alpha value is -1.32. The Morgan fingerprint density at radius 3 is 2.75 bits per heavy atom. The second-order valence-corrected chi connectivity index (χ2v) is 3.10. The number of hydrogen-bond donors (Lipinski definition) is 1. The van der Waals surface area contributed by atoms with Gasteiger partial charge in [-0.25, -0.2) is 4.79 Å². The van der Waals surface area contributed by atoms with Crippen molar-refractivity contribution < 1.29 is 4.79 Å². The van der Waals surface area contributed by atoms with Crippen molar-refractivity contribution in [1.29, 1.82) is 0 Å². The normalized spacial score (nSPS) is 18.6. The molecule has 2 N–H and O–H groups in total. The van der Waals surface area contributed by atoms with Gasteiger partial charge in [0.05, 0.1) is 6.54 Å². The molecule has 0 aromatic rings. The first-order valence-corrected chi connectivity index (χ1v) is 3.85. The lowest BCUT2D eigenvalue weighted by Crippen LogP contribution is -2.43. The number of urea groups is 1. The zero-order chi connectivity index (χ0) is 9.30. The SMILES string of the molecule is C=C1CN(C(C)C)C(=O)N=C1N. The predicted octanol–water partition coefficient (Wildman–Crippen LogP) is 0.744. The average molecular weight is 167 g/mol. The van der Waals surface area contributed by atoms with Crippen LogP contribution in [0.3, 0.4) is 0 Å². The van der Waals surface area contributed by atoms with Crippen molar-refractivity contribution in [3.63, 3.8) is 0 Å². The summed E-state index contributed by atoms with van der Waals surface area (Å²) >= 11 is 0. The molecular formula is C8H13N3O. The standard InChI is InChI=1S/C8H13N3O/c1-5(2)11-4-6(3)7(9)10-8(11)12/h5H,3-4H2,1-2H3,(H2,9,10,12). The lowest BCUT2D eigenvalue weighted by atomic mass is 10.2. The van der Waals surface area contributed by atoms with E-state index in [1.807, 2.05) is 13.8 Å². The van der Waals surface area contributed by atoms with Crippen LogP contribution in [0.2, 0.25) is 0 Å². The number of amides is 2. The van der Waals surface area contributed by atoms with Crippen molar-refractivity contribution in [3.8, 4) is 0 Å². The van der Waals surface area contributed by atoms with Crippen molar-refractivity contribution >= 4 is 11.9 Å². The third-order valence-electron chi connectivity index (χ3n) is 1.81. The third kappa shape index (κ3) is 1.47. The van der Waals surface area contributed by atoms with E-state index < -0.39 is 0 Å². The van der Waals surface area contributed by atoms with Crippen LogP contribution in [-0.2, 0) is 0 Å². The summed E-state index contributed by atoms with van der Waals surface area (Å²) in [6, 6.07) is -0.124. The molecule has 1 aliphatic heterocycles. The number of aliphatic imine (C=N–C) groups is 1. The number of amidine groups is 1. The van der Waals surface area contributed by atoms with E-state index >= 15 is 0 Å². The fourth-order valence-electron chi connectivity index (χ4n) is 1.00. The van der Waals surface area contributed by atoms with E-state index in [9.17, 15) is 4.79 Å². The maximum atomic E-state index is 11.2. The van der Waals surface area contributed by atoms with Gasteiger partial charge in [0.15, 0.2) is 0 Å². The molecule has 0 radical (unpaired) electrons. The van der Waals surface area contributed by atoms with Crippen molar-refractivity contribution in [2.75, 3.05) is 6.54 Å². The highest BCUT2D eigenvalue weighted by Gasteiger charge is 2.23. The Balaban J connectivity index is 2.87. The van der Waals surface area contributed by atoms with Gasteiger partial charge in [-0.15, -0.1) is 0 Å². The Bertz CT molecular complexity index is 255. The first-order chi connectivity index (χ1) is 5.52. The van der Waals surface area contributed by atoms with E-state index in [0.717, 1.165) is 0 Å². The van der Waals surface area contributed by atoms with Gasteiger partial charge in [-0.05, 0) is 13.8 Å². The van der Waals surface area contributed by atoms with E-state index in [4.69, 9.17) is 5.73 Å². The van der Waals surface area contributed by atoms with Crippen LogP contribution in [0.1, 0.15) is 13.8 Å². The Kier molecular flexibility index (Phi) is 2.17. The number of hydrogen-bond acceptors (Lipinski definition) is 2. The van der Waals surface area contributed by atoms with Gasteiger partial charge in [0.25, 0.3) is 0 Å². The average Bonchev–Trinajstić information content (AvgIpc) is 1.96. The predicted molar refractivity (Wildman–Crippen MR) is 48.0 cm³/mol. The molecule has 0 atom stereocenters. The van der Waals surface area contributed by atoms with Crippen molar-refractivity contribution in [2.24, 2.45) is 10.7 Å². The van der Waals surface area contributed by atoms with Gasteiger partial charge < -0.3 is 10.6 Å². The topological polar surface area (TPSA) is 58.7 Å². The summed E-state index contributed by atoms with van der Waals surface area (Å²) < 4.78 is 0. The van der Waals surface area contributed by atoms with Gasteiger partial charge in [0.2, 0.25) is 0 Å². The van der Waals surface area contributed by atoms with Gasteiger partial charge >= 0.3 is 6.03 Å². The molecule has 0 saturated carbocycles. The quantitative estimate of drug-likeness (QED) is 0.626. The minimum atomic E-state index is -0.269. The van der Waals surface area contributed by atoms with E-state index in [0.29, 0.717) is 12.1 Å². The smallest absolute Gasteiger partial charge is 0.346 e. The van der Waals surface area contributed by atoms with Crippen LogP contribution in [0.15, 0.2) is 17.1 Å². The van der Waals surface area contributed by atoms with E-state index in [1.165, 1.54) is 0 Å². The fourth-order valence-corrected chi connectivity index (χ4v) is 1.00. The summed E-state index contributed by atoms with van der Waals surface area (Å²) in [5.41, 5.74) is 6.15. The molecule has 2 amide bonds. The highest BCUT2D eigenvalue weighted by atomic mass is 16.2. The first-order valence-electron chi connectivity index (χ1n) is 3.85. The van der Waals surface area contributed by atoms with Crippen LogP contribution in [0.4, 0.5) is 4.79 Å². The number of carbonyl (C=O) groups excluding carboxylic acids is 1. The molecule has 66 valence electrons. The van der Waals surface area contributed by atoms with Crippen LogP contribution in [0.25, 0.3) is 0 Å². The second-order valence-electron chi connectivity index (χ2n) is 3.10. The van der Waals surface area contributed by atoms with Crippen LogP contribution < -0.4 is 5.73 Å². The molecule has 0 aliphatic carbocycles. The molecule has 0 bridgehead atoms. The number of nitrogens with two attached hydrogens (primary N) is 1. The van der Waals surface area contributed by atoms with Crippen LogP contribution >= 0.6 is 0 Å². The monoisotopic (exact) mass is 167 g/mol. The molecule has 12 heavy (non-hydrogen) atoms.